The minimum atomic E-state index is -2.41. The highest BCUT2D eigenvalue weighted by Crippen LogP contribution is 2.32. The molecule has 6 heteroatoms. The molecule has 0 aromatic carbocycles. The van der Waals surface area contributed by atoms with E-state index in [1.54, 1.807) is 5.38 Å². The first kappa shape index (κ1) is 10.8. The summed E-state index contributed by atoms with van der Waals surface area (Å²) in [5.41, 5.74) is -2.41. The smallest absolute Gasteiger partial charge is 0.217 e. The molecule has 0 aromatic rings. The highest BCUT2D eigenvalue weighted by molar-refractivity contribution is 6.30. The Kier molecular flexibility index (Phi) is 3.20. The van der Waals surface area contributed by atoms with E-state index in [1.165, 1.54) is 0 Å². The van der Waals surface area contributed by atoms with Crippen LogP contribution in [0.1, 0.15) is 0 Å². The van der Waals surface area contributed by atoms with Crippen LogP contribution < -0.4 is 0 Å². The van der Waals surface area contributed by atoms with Crippen LogP contribution in [0.2, 0.25) is 0 Å². The maximum atomic E-state index is 13.7. The van der Waals surface area contributed by atoms with Crippen molar-refractivity contribution >= 4 is 19.4 Å². The molecule has 2 N–H and O–H groups in total. The average Bonchev–Trinajstić information content (AvgIpc) is 2.31. The molecule has 0 saturated carbocycles. The number of hydrogen-bond donors (Lipinski definition) is 2. The van der Waals surface area contributed by atoms with Gasteiger partial charge in [0.05, 0.1) is 12.6 Å². The summed E-state index contributed by atoms with van der Waals surface area (Å²) in [6.45, 7) is -0.523. The van der Waals surface area contributed by atoms with E-state index in [2.05, 4.69) is 0 Å². The van der Waals surface area contributed by atoms with Crippen molar-refractivity contribution in [3.05, 3.63) is 0 Å². The first-order chi connectivity index (χ1) is 6.06. The standard InChI is InChI=1S/C7H7BClFO3/c8-6-7(10,1-2-9)5(12)4(3-11)13-6/h4-6,11-12H,3H2/t4-,5?,6-,7-/m1/s1. The van der Waals surface area contributed by atoms with E-state index in [4.69, 9.17) is 29.3 Å². The summed E-state index contributed by atoms with van der Waals surface area (Å²) in [5.74, 6) is 1.92. The molecule has 3 nitrogen and oxygen atoms in total. The number of hydrogen-bond acceptors (Lipinski definition) is 3. The maximum Gasteiger partial charge on any atom is 0.217 e. The highest BCUT2D eigenvalue weighted by atomic mass is 35.5. The molecular weight excluding hydrogens is 197 g/mol. The molecule has 1 rings (SSSR count). The van der Waals surface area contributed by atoms with E-state index in [9.17, 15) is 9.50 Å². The lowest BCUT2D eigenvalue weighted by Gasteiger charge is -2.19. The molecule has 0 amide bonds. The van der Waals surface area contributed by atoms with E-state index in [0.29, 0.717) is 0 Å². The van der Waals surface area contributed by atoms with Gasteiger partial charge in [-0.05, 0) is 17.5 Å². The van der Waals surface area contributed by atoms with Crippen molar-refractivity contribution in [1.29, 1.82) is 0 Å². The molecule has 0 spiro atoms. The van der Waals surface area contributed by atoms with Crippen LogP contribution in [0.3, 0.4) is 0 Å². The van der Waals surface area contributed by atoms with Gasteiger partial charge in [-0.2, -0.15) is 0 Å². The molecule has 1 unspecified atom stereocenters. The van der Waals surface area contributed by atoms with Gasteiger partial charge in [-0.1, -0.05) is 0 Å². The summed E-state index contributed by atoms with van der Waals surface area (Å²) in [6.07, 6.45) is -2.64. The highest BCUT2D eigenvalue weighted by Gasteiger charge is 2.53. The Hall–Kier alpha value is -0.275. The molecule has 1 saturated heterocycles. The molecule has 0 aromatic heterocycles. The van der Waals surface area contributed by atoms with Gasteiger partial charge in [0.1, 0.15) is 20.1 Å². The summed E-state index contributed by atoms with van der Waals surface area (Å²) < 4.78 is 18.4. The average molecular weight is 204 g/mol. The SMILES string of the molecule is [B][C@@H]1O[C@H](CO)C(O)[C@]1(F)C#CCl. The Labute approximate surface area is 81.2 Å². The Bertz CT molecular complexity index is 254. The fourth-order valence-electron chi connectivity index (χ4n) is 1.16. The van der Waals surface area contributed by atoms with Gasteiger partial charge in [0, 0.05) is 5.38 Å². The number of rotatable bonds is 1. The summed E-state index contributed by atoms with van der Waals surface area (Å²) >= 11 is 5.01. The van der Waals surface area contributed by atoms with Gasteiger partial charge in [0.25, 0.3) is 0 Å². The molecular formula is C7H7BClFO3. The first-order valence-electron chi connectivity index (χ1n) is 3.58. The first-order valence-corrected chi connectivity index (χ1v) is 3.95. The van der Waals surface area contributed by atoms with Crippen LogP contribution in [0.15, 0.2) is 0 Å². The van der Waals surface area contributed by atoms with Crippen molar-refractivity contribution < 1.29 is 19.3 Å². The van der Waals surface area contributed by atoms with Crippen molar-refractivity contribution in [2.75, 3.05) is 6.61 Å². The van der Waals surface area contributed by atoms with Gasteiger partial charge in [-0.15, -0.1) is 0 Å². The van der Waals surface area contributed by atoms with Crippen LogP contribution in [0.4, 0.5) is 4.39 Å². The van der Waals surface area contributed by atoms with Gasteiger partial charge in [0.2, 0.25) is 5.67 Å². The second kappa shape index (κ2) is 3.85. The molecule has 1 aliphatic rings. The fraction of sp³-hybridized carbons (Fsp3) is 0.714. The third-order valence-corrected chi connectivity index (χ3v) is 2.03. The van der Waals surface area contributed by atoms with Crippen molar-refractivity contribution in [1.82, 2.24) is 0 Å². The molecule has 1 fully saturated rings. The maximum absolute atomic E-state index is 13.7. The Balaban J connectivity index is 2.90. The van der Waals surface area contributed by atoms with Crippen molar-refractivity contribution in [3.8, 4) is 11.3 Å². The minimum Gasteiger partial charge on any atom is -0.394 e. The lowest BCUT2D eigenvalue weighted by atomic mass is 9.82. The molecule has 70 valence electrons. The van der Waals surface area contributed by atoms with Crippen LogP contribution in [0.5, 0.6) is 0 Å². The molecule has 1 aliphatic heterocycles. The van der Waals surface area contributed by atoms with Crippen LogP contribution >= 0.6 is 11.6 Å². The zero-order chi connectivity index (χ0) is 10.1. The van der Waals surface area contributed by atoms with Crippen molar-refractivity contribution in [2.45, 2.75) is 23.9 Å². The summed E-state index contributed by atoms with van der Waals surface area (Å²) in [4.78, 5) is 0. The lowest BCUT2D eigenvalue weighted by molar-refractivity contribution is -0.00798. The topological polar surface area (TPSA) is 49.7 Å². The van der Waals surface area contributed by atoms with Crippen molar-refractivity contribution in [2.24, 2.45) is 0 Å². The third kappa shape index (κ3) is 1.68. The lowest BCUT2D eigenvalue weighted by Crippen LogP contribution is -2.43. The predicted molar refractivity (Wildman–Crippen MR) is 45.0 cm³/mol. The van der Waals surface area contributed by atoms with E-state index in [1.807, 2.05) is 5.92 Å². The number of halogens is 2. The summed E-state index contributed by atoms with van der Waals surface area (Å²) in [6, 6.07) is -1.40. The Morgan fingerprint density at radius 3 is 2.69 bits per heavy atom. The fourth-order valence-corrected chi connectivity index (χ4v) is 1.31. The Morgan fingerprint density at radius 1 is 1.69 bits per heavy atom. The molecule has 1 heterocycles. The Morgan fingerprint density at radius 2 is 2.31 bits per heavy atom. The number of ether oxygens (including phenoxy) is 1. The molecule has 4 atom stereocenters. The van der Waals surface area contributed by atoms with E-state index >= 15 is 0 Å². The molecule has 0 bridgehead atoms. The van der Waals surface area contributed by atoms with Crippen LogP contribution in [0, 0.1) is 11.3 Å². The van der Waals surface area contributed by atoms with Gasteiger partial charge < -0.3 is 14.9 Å². The number of alkyl halides is 1. The predicted octanol–water partition coefficient (Wildman–Crippen LogP) is -0.859. The van der Waals surface area contributed by atoms with Gasteiger partial charge in [-0.3, -0.25) is 0 Å². The largest absolute Gasteiger partial charge is 0.394 e. The minimum absolute atomic E-state index is 0.523. The molecule has 0 aliphatic carbocycles. The van der Waals surface area contributed by atoms with Crippen LogP contribution in [-0.2, 0) is 4.74 Å². The number of aliphatic hydroxyl groups excluding tert-OH is 2. The van der Waals surface area contributed by atoms with E-state index < -0.39 is 30.5 Å². The number of aliphatic hydroxyl groups is 2. The van der Waals surface area contributed by atoms with E-state index in [-0.39, 0.29) is 0 Å². The second-order valence-electron chi connectivity index (χ2n) is 2.71. The summed E-state index contributed by atoms with van der Waals surface area (Å²) in [7, 11) is 5.23. The van der Waals surface area contributed by atoms with Gasteiger partial charge in [0.15, 0.2) is 0 Å². The van der Waals surface area contributed by atoms with Crippen LogP contribution in [-0.4, -0.2) is 48.5 Å². The van der Waals surface area contributed by atoms with Crippen molar-refractivity contribution in [3.63, 3.8) is 0 Å². The second-order valence-corrected chi connectivity index (χ2v) is 2.90. The van der Waals surface area contributed by atoms with E-state index in [0.717, 1.165) is 0 Å². The summed E-state index contributed by atoms with van der Waals surface area (Å²) in [5, 5.41) is 19.8. The van der Waals surface area contributed by atoms with Crippen LogP contribution in [0.25, 0.3) is 0 Å². The molecule has 2 radical (unpaired) electrons. The third-order valence-electron chi connectivity index (χ3n) is 1.94. The normalized spacial score (nSPS) is 44.2. The van der Waals surface area contributed by atoms with Gasteiger partial charge in [-0.25, -0.2) is 4.39 Å². The van der Waals surface area contributed by atoms with Gasteiger partial charge >= 0.3 is 0 Å². The molecule has 13 heavy (non-hydrogen) atoms. The quantitative estimate of drug-likeness (QED) is 0.432. The monoisotopic (exact) mass is 204 g/mol. The zero-order valence-electron chi connectivity index (χ0n) is 6.58. The zero-order valence-corrected chi connectivity index (χ0v) is 7.33.